The summed E-state index contributed by atoms with van der Waals surface area (Å²) in [6, 6.07) is 8.10. The largest absolute Gasteiger partial charge is 0.368 e. The molecule has 1 aromatic rings. The number of para-hydroxylation sites is 2. The number of hydrogen-bond acceptors (Lipinski definition) is 4. The summed E-state index contributed by atoms with van der Waals surface area (Å²) in [5, 5.41) is 3.38. The smallest absolute Gasteiger partial charge is 0.240 e. The van der Waals surface area contributed by atoms with Crippen molar-refractivity contribution in [1.82, 2.24) is 5.32 Å². The lowest BCUT2D eigenvalue weighted by atomic mass is 10.0. The van der Waals surface area contributed by atoms with Crippen molar-refractivity contribution in [3.8, 4) is 0 Å². The summed E-state index contributed by atoms with van der Waals surface area (Å²) in [4.78, 5) is 16.6. The summed E-state index contributed by atoms with van der Waals surface area (Å²) in [6.45, 7) is 11.1. The standard InChI is InChI=1S/C18H30N4O/c1-4-22(17(18(19)23)13-14(2)3)16-8-6-5-7-15(16)21-11-9-20-10-12-21/h5-8,14,17,20H,4,9-13H2,1-3H3,(H2,19,23)/t17-/m0/s1. The summed E-state index contributed by atoms with van der Waals surface area (Å²) in [5.74, 6) is 0.184. The molecule has 0 saturated carbocycles. The fourth-order valence-corrected chi connectivity index (χ4v) is 3.28. The first-order chi connectivity index (χ1) is 11.0. The summed E-state index contributed by atoms with van der Waals surface area (Å²) in [7, 11) is 0. The minimum absolute atomic E-state index is 0.240. The molecule has 0 spiro atoms. The minimum atomic E-state index is -0.260. The number of carbonyl (C=O) groups excluding carboxylic acids is 1. The molecule has 1 amide bonds. The molecule has 0 radical (unpaired) electrons. The van der Waals surface area contributed by atoms with Crippen molar-refractivity contribution >= 4 is 17.3 Å². The van der Waals surface area contributed by atoms with E-state index in [4.69, 9.17) is 5.73 Å². The average Bonchev–Trinajstić information content (AvgIpc) is 2.55. The molecule has 1 fully saturated rings. The molecule has 0 bridgehead atoms. The van der Waals surface area contributed by atoms with Crippen LogP contribution in [-0.4, -0.2) is 44.7 Å². The third-order valence-corrected chi connectivity index (χ3v) is 4.39. The van der Waals surface area contributed by atoms with Crippen molar-refractivity contribution in [2.45, 2.75) is 33.2 Å². The van der Waals surface area contributed by atoms with E-state index in [1.165, 1.54) is 5.69 Å². The number of nitrogens with one attached hydrogen (secondary N) is 1. The molecule has 2 rings (SSSR count). The van der Waals surface area contributed by atoms with Gasteiger partial charge in [-0.05, 0) is 31.4 Å². The highest BCUT2D eigenvalue weighted by molar-refractivity contribution is 5.86. The number of nitrogens with two attached hydrogens (primary N) is 1. The van der Waals surface area contributed by atoms with Gasteiger partial charge in [0, 0.05) is 32.7 Å². The number of piperazine rings is 1. The van der Waals surface area contributed by atoms with Gasteiger partial charge in [-0.25, -0.2) is 0 Å². The van der Waals surface area contributed by atoms with Crippen molar-refractivity contribution in [3.05, 3.63) is 24.3 Å². The van der Waals surface area contributed by atoms with Gasteiger partial charge in [-0.1, -0.05) is 26.0 Å². The molecule has 3 N–H and O–H groups in total. The molecule has 1 aliphatic rings. The predicted molar refractivity (Wildman–Crippen MR) is 97.0 cm³/mol. The third-order valence-electron chi connectivity index (χ3n) is 4.39. The third kappa shape index (κ3) is 4.38. The summed E-state index contributed by atoms with van der Waals surface area (Å²) in [6.07, 6.45) is 0.777. The Hall–Kier alpha value is -1.75. The number of rotatable bonds is 7. The van der Waals surface area contributed by atoms with Gasteiger partial charge in [0.15, 0.2) is 0 Å². The maximum absolute atomic E-state index is 12.1. The van der Waals surface area contributed by atoms with E-state index >= 15 is 0 Å². The first-order valence-electron chi connectivity index (χ1n) is 8.65. The summed E-state index contributed by atoms with van der Waals surface area (Å²) in [5.41, 5.74) is 8.04. The lowest BCUT2D eigenvalue weighted by Crippen LogP contribution is -2.48. The van der Waals surface area contributed by atoms with Crippen molar-refractivity contribution in [1.29, 1.82) is 0 Å². The van der Waals surface area contributed by atoms with E-state index in [-0.39, 0.29) is 11.9 Å². The van der Waals surface area contributed by atoms with E-state index in [0.717, 1.165) is 44.8 Å². The monoisotopic (exact) mass is 318 g/mol. The number of primary amides is 1. The number of anilines is 2. The number of hydrogen-bond donors (Lipinski definition) is 2. The molecular weight excluding hydrogens is 288 g/mol. The highest BCUT2D eigenvalue weighted by atomic mass is 16.1. The lowest BCUT2D eigenvalue weighted by molar-refractivity contribution is -0.119. The molecule has 1 aliphatic heterocycles. The van der Waals surface area contributed by atoms with Crippen molar-refractivity contribution in [2.75, 3.05) is 42.5 Å². The molecule has 1 atom stereocenters. The SMILES string of the molecule is CCN(c1ccccc1N1CCNCC1)[C@@H](CC(C)C)C(N)=O. The Bertz CT molecular complexity index is 511. The van der Waals surface area contributed by atoms with Crippen LogP contribution in [-0.2, 0) is 4.79 Å². The van der Waals surface area contributed by atoms with Crippen molar-refractivity contribution < 1.29 is 4.79 Å². The van der Waals surface area contributed by atoms with Crippen LogP contribution >= 0.6 is 0 Å². The zero-order chi connectivity index (χ0) is 16.8. The Labute approximate surface area is 139 Å². The van der Waals surface area contributed by atoms with Crippen LogP contribution in [0.25, 0.3) is 0 Å². The molecule has 1 aromatic carbocycles. The normalized spacial score (nSPS) is 16.4. The molecule has 0 unspecified atom stereocenters. The number of carbonyl (C=O) groups is 1. The summed E-state index contributed by atoms with van der Waals surface area (Å²) < 4.78 is 0. The topological polar surface area (TPSA) is 61.6 Å². The van der Waals surface area contributed by atoms with Crippen LogP contribution in [0, 0.1) is 5.92 Å². The molecule has 1 saturated heterocycles. The second kappa shape index (κ2) is 8.20. The molecule has 1 heterocycles. The Morgan fingerprint density at radius 1 is 1.30 bits per heavy atom. The fraction of sp³-hybridized carbons (Fsp3) is 0.611. The maximum Gasteiger partial charge on any atom is 0.240 e. The van der Waals surface area contributed by atoms with Crippen LogP contribution in [0.3, 0.4) is 0 Å². The number of benzene rings is 1. The van der Waals surface area contributed by atoms with Crippen LogP contribution in [0.1, 0.15) is 27.2 Å². The lowest BCUT2D eigenvalue weighted by Gasteiger charge is -2.37. The maximum atomic E-state index is 12.1. The molecule has 0 aliphatic carbocycles. The van der Waals surface area contributed by atoms with E-state index in [0.29, 0.717) is 5.92 Å². The molecular formula is C18H30N4O. The molecule has 5 nitrogen and oxygen atoms in total. The zero-order valence-corrected chi connectivity index (χ0v) is 14.6. The van der Waals surface area contributed by atoms with Gasteiger partial charge in [-0.2, -0.15) is 0 Å². The first kappa shape index (κ1) is 17.6. The van der Waals surface area contributed by atoms with Gasteiger partial charge < -0.3 is 20.9 Å². The van der Waals surface area contributed by atoms with Gasteiger partial charge in [0.05, 0.1) is 11.4 Å². The van der Waals surface area contributed by atoms with Gasteiger partial charge in [0.1, 0.15) is 6.04 Å². The molecule has 5 heteroatoms. The van der Waals surface area contributed by atoms with Crippen LogP contribution < -0.4 is 20.9 Å². The van der Waals surface area contributed by atoms with Gasteiger partial charge in [-0.15, -0.1) is 0 Å². The van der Waals surface area contributed by atoms with E-state index in [1.54, 1.807) is 0 Å². The fourth-order valence-electron chi connectivity index (χ4n) is 3.28. The molecule has 23 heavy (non-hydrogen) atoms. The van der Waals surface area contributed by atoms with E-state index in [1.807, 2.05) is 6.07 Å². The Balaban J connectivity index is 2.34. The van der Waals surface area contributed by atoms with E-state index in [9.17, 15) is 4.79 Å². The molecule has 128 valence electrons. The van der Waals surface area contributed by atoms with Gasteiger partial charge in [0.2, 0.25) is 5.91 Å². The van der Waals surface area contributed by atoms with Crippen LogP contribution in [0.4, 0.5) is 11.4 Å². The second-order valence-corrected chi connectivity index (χ2v) is 6.56. The number of nitrogens with zero attached hydrogens (tertiary/aromatic N) is 2. The Kier molecular flexibility index (Phi) is 6.28. The Morgan fingerprint density at radius 3 is 2.52 bits per heavy atom. The highest BCUT2D eigenvalue weighted by Gasteiger charge is 2.27. The average molecular weight is 318 g/mol. The summed E-state index contributed by atoms with van der Waals surface area (Å²) >= 11 is 0. The van der Waals surface area contributed by atoms with E-state index < -0.39 is 0 Å². The number of amides is 1. The zero-order valence-electron chi connectivity index (χ0n) is 14.6. The number of likely N-dealkylation sites (N-methyl/N-ethyl adjacent to an activating group) is 1. The Morgan fingerprint density at radius 2 is 1.96 bits per heavy atom. The van der Waals surface area contributed by atoms with Gasteiger partial charge >= 0.3 is 0 Å². The predicted octanol–water partition coefficient (Wildman–Crippen LogP) is 1.82. The van der Waals surface area contributed by atoms with Crippen LogP contribution in [0.2, 0.25) is 0 Å². The van der Waals surface area contributed by atoms with Gasteiger partial charge in [-0.3, -0.25) is 4.79 Å². The van der Waals surface area contributed by atoms with Crippen LogP contribution in [0.15, 0.2) is 24.3 Å². The highest BCUT2D eigenvalue weighted by Crippen LogP contribution is 2.32. The minimum Gasteiger partial charge on any atom is -0.368 e. The van der Waals surface area contributed by atoms with Crippen LogP contribution in [0.5, 0.6) is 0 Å². The molecule has 0 aromatic heterocycles. The first-order valence-corrected chi connectivity index (χ1v) is 8.65. The van der Waals surface area contributed by atoms with Crippen molar-refractivity contribution in [3.63, 3.8) is 0 Å². The van der Waals surface area contributed by atoms with E-state index in [2.05, 4.69) is 54.1 Å². The van der Waals surface area contributed by atoms with Crippen molar-refractivity contribution in [2.24, 2.45) is 11.7 Å². The second-order valence-electron chi connectivity index (χ2n) is 6.56. The van der Waals surface area contributed by atoms with Gasteiger partial charge in [0.25, 0.3) is 0 Å². The quantitative estimate of drug-likeness (QED) is 0.805.